The summed E-state index contributed by atoms with van der Waals surface area (Å²) < 4.78 is 13.6. The second-order valence-electron chi connectivity index (χ2n) is 5.45. The van der Waals surface area contributed by atoms with Gasteiger partial charge in [0.15, 0.2) is 0 Å². The summed E-state index contributed by atoms with van der Waals surface area (Å²) in [4.78, 5) is 17.1. The smallest absolute Gasteiger partial charge is 0.236 e. The molecule has 118 valence electrons. The molecule has 0 aliphatic heterocycles. The summed E-state index contributed by atoms with van der Waals surface area (Å²) in [7, 11) is 3.64. The maximum Gasteiger partial charge on any atom is 0.236 e. The third kappa shape index (κ3) is 4.15. The van der Waals surface area contributed by atoms with E-state index >= 15 is 0 Å². The lowest BCUT2D eigenvalue weighted by molar-refractivity contribution is -0.131. The average molecular weight is 320 g/mol. The number of halogens is 1. The minimum atomic E-state index is -0.276. The van der Waals surface area contributed by atoms with Crippen LogP contribution >= 0.6 is 11.3 Å². The summed E-state index contributed by atoms with van der Waals surface area (Å²) >= 11 is 1.68. The third-order valence-electron chi connectivity index (χ3n) is 3.79. The van der Waals surface area contributed by atoms with Gasteiger partial charge in [-0.15, -0.1) is 11.3 Å². The SMILES string of the molecule is CC(c1cccs1)N(C)CC(=O)N(C)Cc1ccccc1F. The Morgan fingerprint density at radius 2 is 1.95 bits per heavy atom. The zero-order valence-corrected chi connectivity index (χ0v) is 13.9. The minimum Gasteiger partial charge on any atom is -0.340 e. The van der Waals surface area contributed by atoms with Crippen LogP contribution in [0, 0.1) is 5.82 Å². The molecule has 2 aromatic rings. The lowest BCUT2D eigenvalue weighted by atomic mass is 10.2. The minimum absolute atomic E-state index is 0.0193. The zero-order chi connectivity index (χ0) is 16.1. The molecule has 0 aliphatic carbocycles. The highest BCUT2D eigenvalue weighted by molar-refractivity contribution is 7.10. The molecule has 0 saturated carbocycles. The molecule has 0 N–H and O–H groups in total. The number of nitrogens with zero attached hydrogens (tertiary/aromatic N) is 2. The summed E-state index contributed by atoms with van der Waals surface area (Å²) in [5.41, 5.74) is 0.535. The van der Waals surface area contributed by atoms with E-state index < -0.39 is 0 Å². The van der Waals surface area contributed by atoms with Crippen LogP contribution in [-0.4, -0.2) is 36.3 Å². The van der Waals surface area contributed by atoms with Gasteiger partial charge in [0.25, 0.3) is 0 Å². The van der Waals surface area contributed by atoms with Gasteiger partial charge < -0.3 is 4.90 Å². The van der Waals surface area contributed by atoms with Crippen LogP contribution < -0.4 is 0 Å². The van der Waals surface area contributed by atoms with Gasteiger partial charge in [-0.1, -0.05) is 24.3 Å². The van der Waals surface area contributed by atoms with Gasteiger partial charge in [-0.2, -0.15) is 0 Å². The Balaban J connectivity index is 1.92. The molecule has 1 aromatic carbocycles. The van der Waals surface area contributed by atoms with Crippen molar-refractivity contribution in [3.8, 4) is 0 Å². The molecule has 0 fully saturated rings. The highest BCUT2D eigenvalue weighted by atomic mass is 32.1. The molecule has 1 atom stereocenters. The molecule has 1 unspecified atom stereocenters. The van der Waals surface area contributed by atoms with Crippen molar-refractivity contribution in [2.24, 2.45) is 0 Å². The molecule has 0 spiro atoms. The van der Waals surface area contributed by atoms with Crippen molar-refractivity contribution in [2.45, 2.75) is 19.5 Å². The van der Waals surface area contributed by atoms with E-state index in [1.165, 1.54) is 10.9 Å². The van der Waals surface area contributed by atoms with Gasteiger partial charge in [0, 0.05) is 30.1 Å². The molecular formula is C17H21FN2OS. The van der Waals surface area contributed by atoms with Crippen molar-refractivity contribution in [1.82, 2.24) is 9.80 Å². The van der Waals surface area contributed by atoms with Crippen LogP contribution in [0.1, 0.15) is 23.4 Å². The van der Waals surface area contributed by atoms with E-state index in [0.717, 1.165) is 0 Å². The number of amides is 1. The van der Waals surface area contributed by atoms with E-state index in [2.05, 4.69) is 13.0 Å². The molecule has 22 heavy (non-hydrogen) atoms. The predicted molar refractivity (Wildman–Crippen MR) is 88.2 cm³/mol. The first-order valence-corrected chi connectivity index (χ1v) is 8.08. The fourth-order valence-corrected chi connectivity index (χ4v) is 3.04. The summed E-state index contributed by atoms with van der Waals surface area (Å²) in [5, 5.41) is 2.03. The van der Waals surface area contributed by atoms with E-state index in [-0.39, 0.29) is 24.3 Å². The van der Waals surface area contributed by atoms with Crippen LogP contribution in [0.2, 0.25) is 0 Å². The Hall–Kier alpha value is -1.72. The number of rotatable bonds is 6. The monoisotopic (exact) mass is 320 g/mol. The first kappa shape index (κ1) is 16.6. The molecule has 0 saturated heterocycles. The molecule has 0 aliphatic rings. The maximum absolute atomic E-state index is 13.6. The van der Waals surface area contributed by atoms with Gasteiger partial charge in [-0.25, -0.2) is 4.39 Å². The first-order valence-electron chi connectivity index (χ1n) is 7.20. The fraction of sp³-hybridized carbons (Fsp3) is 0.353. The molecular weight excluding hydrogens is 299 g/mol. The highest BCUT2D eigenvalue weighted by Gasteiger charge is 2.18. The summed E-state index contributed by atoms with van der Waals surface area (Å²) in [6, 6.07) is 10.8. The lowest BCUT2D eigenvalue weighted by Crippen LogP contribution is -2.37. The number of likely N-dealkylation sites (N-methyl/N-ethyl adjacent to an activating group) is 2. The van der Waals surface area contributed by atoms with E-state index in [1.807, 2.05) is 23.4 Å². The number of thiophene rings is 1. The molecule has 0 bridgehead atoms. The van der Waals surface area contributed by atoms with Crippen LogP contribution in [0.25, 0.3) is 0 Å². The Labute approximate surface area is 135 Å². The third-order valence-corrected chi connectivity index (χ3v) is 4.83. The van der Waals surface area contributed by atoms with Gasteiger partial charge in [0.1, 0.15) is 5.82 Å². The van der Waals surface area contributed by atoms with E-state index in [9.17, 15) is 9.18 Å². The molecule has 3 nitrogen and oxygen atoms in total. The number of hydrogen-bond acceptors (Lipinski definition) is 3. The predicted octanol–water partition coefficient (Wildman–Crippen LogP) is 3.54. The van der Waals surface area contributed by atoms with Crippen LogP contribution in [0.5, 0.6) is 0 Å². The average Bonchev–Trinajstić information content (AvgIpc) is 3.02. The van der Waals surface area contributed by atoms with Crippen molar-refractivity contribution in [1.29, 1.82) is 0 Å². The Morgan fingerprint density at radius 1 is 1.23 bits per heavy atom. The summed E-state index contributed by atoms with van der Waals surface area (Å²) in [6.45, 7) is 2.67. The maximum atomic E-state index is 13.6. The van der Waals surface area contributed by atoms with E-state index in [4.69, 9.17) is 0 Å². The van der Waals surface area contributed by atoms with Crippen molar-refractivity contribution in [3.63, 3.8) is 0 Å². The molecule has 1 aromatic heterocycles. The van der Waals surface area contributed by atoms with Crippen LogP contribution in [-0.2, 0) is 11.3 Å². The second kappa shape index (κ2) is 7.51. The quantitative estimate of drug-likeness (QED) is 0.813. The number of hydrogen-bond donors (Lipinski definition) is 0. The number of carbonyl (C=O) groups is 1. The molecule has 2 rings (SSSR count). The lowest BCUT2D eigenvalue weighted by Gasteiger charge is -2.26. The Kier molecular flexibility index (Phi) is 5.69. The number of carbonyl (C=O) groups excluding carboxylic acids is 1. The van der Waals surface area contributed by atoms with Crippen molar-refractivity contribution in [2.75, 3.05) is 20.6 Å². The van der Waals surface area contributed by atoms with Gasteiger partial charge in [-0.3, -0.25) is 9.69 Å². The normalized spacial score (nSPS) is 12.4. The molecule has 0 radical (unpaired) electrons. The Morgan fingerprint density at radius 3 is 2.59 bits per heavy atom. The standard InChI is InChI=1S/C17H21FN2OS/c1-13(16-9-6-10-22-16)19(2)12-17(21)20(3)11-14-7-4-5-8-15(14)18/h4-10,13H,11-12H2,1-3H3. The first-order chi connectivity index (χ1) is 10.5. The fourth-order valence-electron chi connectivity index (χ4n) is 2.19. The van der Waals surface area contributed by atoms with Crippen molar-refractivity contribution in [3.05, 3.63) is 58.0 Å². The van der Waals surface area contributed by atoms with E-state index in [1.54, 1.807) is 41.5 Å². The summed E-state index contributed by atoms with van der Waals surface area (Å²) in [6.07, 6.45) is 0. The van der Waals surface area contributed by atoms with Crippen molar-refractivity contribution < 1.29 is 9.18 Å². The molecule has 1 heterocycles. The summed E-state index contributed by atoms with van der Waals surface area (Å²) in [5.74, 6) is -0.295. The number of benzene rings is 1. The highest BCUT2D eigenvalue weighted by Crippen LogP contribution is 2.23. The van der Waals surface area contributed by atoms with Gasteiger partial charge in [0.05, 0.1) is 6.54 Å². The molecule has 5 heteroatoms. The zero-order valence-electron chi connectivity index (χ0n) is 13.1. The molecule has 1 amide bonds. The van der Waals surface area contributed by atoms with Gasteiger partial charge in [-0.05, 0) is 31.5 Å². The largest absolute Gasteiger partial charge is 0.340 e. The van der Waals surface area contributed by atoms with Crippen LogP contribution in [0.3, 0.4) is 0 Å². The van der Waals surface area contributed by atoms with Gasteiger partial charge >= 0.3 is 0 Å². The second-order valence-corrected chi connectivity index (χ2v) is 6.43. The topological polar surface area (TPSA) is 23.6 Å². The van der Waals surface area contributed by atoms with E-state index in [0.29, 0.717) is 12.1 Å². The van der Waals surface area contributed by atoms with Gasteiger partial charge in [0.2, 0.25) is 5.91 Å². The van der Waals surface area contributed by atoms with Crippen molar-refractivity contribution >= 4 is 17.2 Å². The van der Waals surface area contributed by atoms with Crippen LogP contribution in [0.4, 0.5) is 4.39 Å². The Bertz CT molecular complexity index is 615. The van der Waals surface area contributed by atoms with Crippen LogP contribution in [0.15, 0.2) is 41.8 Å².